The number of rotatable bonds is 7. The topological polar surface area (TPSA) is 92.2 Å². The van der Waals surface area contributed by atoms with Gasteiger partial charge in [-0.2, -0.15) is 0 Å². The molecular formula is C13H18ClN3O3. The lowest BCUT2D eigenvalue weighted by atomic mass is 10.0. The van der Waals surface area contributed by atoms with Crippen LogP contribution in [0.25, 0.3) is 0 Å². The van der Waals surface area contributed by atoms with Gasteiger partial charge in [-0.05, 0) is 19.8 Å². The maximum absolute atomic E-state index is 11.8. The summed E-state index contributed by atoms with van der Waals surface area (Å²) in [7, 11) is 0. The fraction of sp³-hybridized carbons (Fsp3) is 0.538. The third-order valence-corrected chi connectivity index (χ3v) is 3.09. The molecule has 1 heterocycles. The second kappa shape index (κ2) is 7.79. The molecule has 2 atom stereocenters. The van der Waals surface area contributed by atoms with Crippen LogP contribution in [-0.4, -0.2) is 33.0 Å². The molecule has 0 bridgehead atoms. The lowest BCUT2D eigenvalue weighted by Gasteiger charge is -2.14. The van der Waals surface area contributed by atoms with Gasteiger partial charge in [0.25, 0.3) is 5.91 Å². The highest BCUT2D eigenvalue weighted by Crippen LogP contribution is 2.10. The molecule has 6 nitrogen and oxygen atoms in total. The van der Waals surface area contributed by atoms with Crippen molar-refractivity contribution >= 4 is 23.5 Å². The van der Waals surface area contributed by atoms with Gasteiger partial charge in [-0.1, -0.05) is 24.9 Å². The molecule has 2 N–H and O–H groups in total. The van der Waals surface area contributed by atoms with Gasteiger partial charge in [0.05, 0.1) is 18.3 Å². The van der Waals surface area contributed by atoms with Crippen molar-refractivity contribution in [3.8, 4) is 0 Å². The van der Waals surface area contributed by atoms with Gasteiger partial charge < -0.3 is 10.4 Å². The minimum absolute atomic E-state index is 0.0655. The number of carbonyl (C=O) groups excluding carboxylic acids is 1. The van der Waals surface area contributed by atoms with Crippen molar-refractivity contribution in [1.29, 1.82) is 0 Å². The molecule has 1 amide bonds. The second-order valence-corrected chi connectivity index (χ2v) is 5.16. The Hall–Kier alpha value is -1.69. The quantitative estimate of drug-likeness (QED) is 0.804. The molecule has 2 unspecified atom stereocenters. The number of nitrogens with one attached hydrogen (secondary N) is 1. The minimum Gasteiger partial charge on any atom is -0.481 e. The highest BCUT2D eigenvalue weighted by molar-refractivity contribution is 6.29. The number of carbonyl (C=O) groups is 2. The van der Waals surface area contributed by atoms with Crippen LogP contribution in [0.4, 0.5) is 0 Å². The van der Waals surface area contributed by atoms with Crippen molar-refractivity contribution < 1.29 is 14.7 Å². The third kappa shape index (κ3) is 5.52. The highest BCUT2D eigenvalue weighted by atomic mass is 35.5. The summed E-state index contributed by atoms with van der Waals surface area (Å²) >= 11 is 5.66. The zero-order valence-corrected chi connectivity index (χ0v) is 12.2. The lowest BCUT2D eigenvalue weighted by molar-refractivity contribution is -0.141. The van der Waals surface area contributed by atoms with E-state index in [0.29, 0.717) is 12.8 Å². The summed E-state index contributed by atoms with van der Waals surface area (Å²) in [6.07, 6.45) is 4.73. The van der Waals surface area contributed by atoms with Crippen LogP contribution >= 0.6 is 11.6 Å². The number of hydrogen-bond donors (Lipinski definition) is 2. The van der Waals surface area contributed by atoms with E-state index in [2.05, 4.69) is 15.3 Å². The number of aliphatic carboxylic acids is 1. The summed E-state index contributed by atoms with van der Waals surface area (Å²) in [6, 6.07) is -0.0655. The van der Waals surface area contributed by atoms with Gasteiger partial charge in [0.2, 0.25) is 0 Å². The molecule has 0 spiro atoms. The molecule has 20 heavy (non-hydrogen) atoms. The smallest absolute Gasteiger partial charge is 0.306 e. The number of carboxylic acids is 1. The van der Waals surface area contributed by atoms with Gasteiger partial charge in [-0.15, -0.1) is 0 Å². The largest absolute Gasteiger partial charge is 0.481 e. The number of hydrogen-bond acceptors (Lipinski definition) is 4. The molecule has 0 fully saturated rings. The fourth-order valence-corrected chi connectivity index (χ4v) is 1.82. The van der Waals surface area contributed by atoms with Crippen molar-refractivity contribution in [1.82, 2.24) is 15.3 Å². The van der Waals surface area contributed by atoms with E-state index in [4.69, 9.17) is 16.7 Å². The van der Waals surface area contributed by atoms with Crippen LogP contribution in [0.3, 0.4) is 0 Å². The number of halogens is 1. The molecule has 0 aliphatic heterocycles. The van der Waals surface area contributed by atoms with Crippen molar-refractivity contribution in [2.24, 2.45) is 5.92 Å². The summed E-state index contributed by atoms with van der Waals surface area (Å²) in [5, 5.41) is 11.7. The molecule has 0 aliphatic rings. The first-order valence-electron chi connectivity index (χ1n) is 6.41. The van der Waals surface area contributed by atoms with E-state index in [1.165, 1.54) is 12.4 Å². The Labute approximate surface area is 122 Å². The van der Waals surface area contributed by atoms with Crippen LogP contribution in [0.15, 0.2) is 12.4 Å². The molecule has 1 aromatic rings. The van der Waals surface area contributed by atoms with Crippen LogP contribution in [0, 0.1) is 5.92 Å². The first-order chi connectivity index (χ1) is 9.40. The zero-order chi connectivity index (χ0) is 15.1. The summed E-state index contributed by atoms with van der Waals surface area (Å²) in [5.74, 6) is -1.49. The van der Waals surface area contributed by atoms with Crippen LogP contribution in [0.2, 0.25) is 5.15 Å². The van der Waals surface area contributed by atoms with Gasteiger partial charge in [0.1, 0.15) is 10.8 Å². The van der Waals surface area contributed by atoms with Crippen LogP contribution < -0.4 is 5.32 Å². The highest BCUT2D eigenvalue weighted by Gasteiger charge is 2.14. The minimum atomic E-state index is -0.795. The van der Waals surface area contributed by atoms with Crippen molar-refractivity contribution in [2.75, 3.05) is 0 Å². The number of carboxylic acid groups (broad SMARTS) is 1. The van der Waals surface area contributed by atoms with Gasteiger partial charge in [-0.3, -0.25) is 14.6 Å². The predicted octanol–water partition coefficient (Wildman–Crippen LogP) is 2.14. The maximum atomic E-state index is 11.8. The Balaban J connectivity index is 2.37. The molecule has 1 rings (SSSR count). The van der Waals surface area contributed by atoms with Crippen molar-refractivity contribution in [2.45, 2.75) is 39.2 Å². The van der Waals surface area contributed by atoms with Crippen LogP contribution in [-0.2, 0) is 4.79 Å². The average Bonchev–Trinajstić information content (AvgIpc) is 2.38. The standard InChI is InChI=1S/C13H18ClN3O3/c1-8(13(19)20)4-3-5-9(2)16-12(18)10-6-15-7-11(14)17-10/h6-9H,3-5H2,1-2H3,(H,16,18)(H,19,20). The molecule has 0 aromatic carbocycles. The molecule has 0 aliphatic carbocycles. The van der Waals surface area contributed by atoms with Crippen molar-refractivity contribution in [3.63, 3.8) is 0 Å². The number of amides is 1. The van der Waals surface area contributed by atoms with E-state index in [1.54, 1.807) is 6.92 Å². The zero-order valence-electron chi connectivity index (χ0n) is 11.5. The van der Waals surface area contributed by atoms with E-state index in [-0.39, 0.29) is 28.7 Å². The normalized spacial score (nSPS) is 13.6. The lowest BCUT2D eigenvalue weighted by Crippen LogP contribution is -2.33. The van der Waals surface area contributed by atoms with Crippen molar-refractivity contribution in [3.05, 3.63) is 23.2 Å². The summed E-state index contributed by atoms with van der Waals surface area (Å²) < 4.78 is 0. The van der Waals surface area contributed by atoms with Gasteiger partial charge in [0.15, 0.2) is 0 Å². The summed E-state index contributed by atoms with van der Waals surface area (Å²) in [5.41, 5.74) is 0.170. The van der Waals surface area contributed by atoms with E-state index in [1.807, 2.05) is 6.92 Å². The molecule has 1 aromatic heterocycles. The first-order valence-corrected chi connectivity index (χ1v) is 6.79. The SMILES string of the molecule is CC(CCCC(C)C(=O)O)NC(=O)c1cncc(Cl)n1. The Bertz CT molecular complexity index is 482. The Morgan fingerprint density at radius 3 is 2.65 bits per heavy atom. The van der Waals surface area contributed by atoms with E-state index >= 15 is 0 Å². The molecule has 0 saturated carbocycles. The number of nitrogens with zero attached hydrogens (tertiary/aromatic N) is 2. The van der Waals surface area contributed by atoms with Gasteiger partial charge in [-0.25, -0.2) is 4.98 Å². The maximum Gasteiger partial charge on any atom is 0.306 e. The second-order valence-electron chi connectivity index (χ2n) is 4.77. The van der Waals surface area contributed by atoms with Gasteiger partial charge in [0, 0.05) is 6.04 Å². The van der Waals surface area contributed by atoms with Crippen LogP contribution in [0.5, 0.6) is 0 Å². The third-order valence-electron chi connectivity index (χ3n) is 2.91. The van der Waals surface area contributed by atoms with E-state index in [9.17, 15) is 9.59 Å². The van der Waals surface area contributed by atoms with E-state index < -0.39 is 5.97 Å². The summed E-state index contributed by atoms with van der Waals surface area (Å²) in [6.45, 7) is 3.54. The Morgan fingerprint density at radius 1 is 1.35 bits per heavy atom. The van der Waals surface area contributed by atoms with Gasteiger partial charge >= 0.3 is 5.97 Å². The Morgan fingerprint density at radius 2 is 2.05 bits per heavy atom. The molecule has 110 valence electrons. The molecule has 0 saturated heterocycles. The molecule has 7 heteroatoms. The fourth-order valence-electron chi connectivity index (χ4n) is 1.68. The summed E-state index contributed by atoms with van der Waals surface area (Å²) in [4.78, 5) is 30.2. The first kappa shape index (κ1) is 16.4. The predicted molar refractivity (Wildman–Crippen MR) is 74.6 cm³/mol. The van der Waals surface area contributed by atoms with E-state index in [0.717, 1.165) is 6.42 Å². The Kier molecular flexibility index (Phi) is 6.38. The molecular weight excluding hydrogens is 282 g/mol. The monoisotopic (exact) mass is 299 g/mol. The average molecular weight is 300 g/mol. The number of aromatic nitrogens is 2. The van der Waals surface area contributed by atoms with Crippen LogP contribution in [0.1, 0.15) is 43.6 Å². The molecule has 0 radical (unpaired) electrons.